The van der Waals surface area contributed by atoms with Gasteiger partial charge >= 0.3 is 5.97 Å². The zero-order chi connectivity index (χ0) is 14.2. The molecule has 100 valence electrons. The van der Waals surface area contributed by atoms with Crippen molar-refractivity contribution in [1.29, 1.82) is 0 Å². The topological polar surface area (TPSA) is 39.2 Å². The lowest BCUT2D eigenvalue weighted by molar-refractivity contribution is 0.0600. The molecule has 0 spiro atoms. The summed E-state index contributed by atoms with van der Waals surface area (Å²) in [6, 6.07) is 20.1. The molecule has 0 aliphatic carbocycles. The Morgan fingerprint density at radius 3 is 1.85 bits per heavy atom. The summed E-state index contributed by atoms with van der Waals surface area (Å²) in [5.74, 6) is -0.354. The first-order valence-electron chi connectivity index (χ1n) is 6.23. The molecule has 3 rings (SSSR count). The molecular formula is C17H15NO2. The molecule has 0 fully saturated rings. The molecule has 2 aromatic carbocycles. The van der Waals surface area contributed by atoms with Gasteiger partial charge < -0.3 is 4.74 Å². The Hall–Kier alpha value is -2.68. The molecule has 0 N–H and O–H groups in total. The number of hydrogen-bond donors (Lipinski definition) is 0. The SMILES string of the molecule is COC(=O)c1cccnc1.c1ccc2ccccc2c1. The van der Waals surface area contributed by atoms with Crippen molar-refractivity contribution >= 4 is 16.7 Å². The third-order valence-electron chi connectivity index (χ3n) is 2.74. The number of rotatable bonds is 1. The van der Waals surface area contributed by atoms with E-state index < -0.39 is 0 Å². The predicted molar refractivity (Wildman–Crippen MR) is 79.5 cm³/mol. The number of hydrogen-bond acceptors (Lipinski definition) is 3. The fraction of sp³-hybridized carbons (Fsp3) is 0.0588. The smallest absolute Gasteiger partial charge is 0.339 e. The van der Waals surface area contributed by atoms with Gasteiger partial charge in [0.25, 0.3) is 0 Å². The van der Waals surface area contributed by atoms with E-state index in [2.05, 4.69) is 58.3 Å². The highest BCUT2D eigenvalue weighted by Crippen LogP contribution is 2.11. The number of fused-ring (bicyclic) bond motifs is 1. The molecule has 3 heteroatoms. The lowest BCUT2D eigenvalue weighted by Gasteiger charge is -1.94. The Morgan fingerprint density at radius 1 is 0.900 bits per heavy atom. The van der Waals surface area contributed by atoms with Crippen molar-refractivity contribution in [3.05, 3.63) is 78.6 Å². The van der Waals surface area contributed by atoms with Crippen LogP contribution in [0.15, 0.2) is 73.1 Å². The minimum absolute atomic E-state index is 0.354. The van der Waals surface area contributed by atoms with E-state index in [1.165, 1.54) is 24.1 Å². The molecule has 0 aliphatic heterocycles. The van der Waals surface area contributed by atoms with Crippen molar-refractivity contribution in [3.8, 4) is 0 Å². The molecule has 0 atom stereocenters. The van der Waals surface area contributed by atoms with E-state index in [1.54, 1.807) is 18.3 Å². The van der Waals surface area contributed by atoms with Gasteiger partial charge in [-0.2, -0.15) is 0 Å². The third-order valence-corrected chi connectivity index (χ3v) is 2.74. The van der Waals surface area contributed by atoms with E-state index in [9.17, 15) is 4.79 Å². The molecule has 0 amide bonds. The molecule has 0 saturated carbocycles. The zero-order valence-electron chi connectivity index (χ0n) is 11.2. The maximum atomic E-state index is 10.8. The standard InChI is InChI=1S/C10H8.C7H7NO2/c1-2-6-10-8-4-3-7-9(10)5-1;1-10-7(9)6-3-2-4-8-5-6/h1-8H;2-5H,1H3. The Balaban J connectivity index is 0.000000147. The van der Waals surface area contributed by atoms with Gasteiger partial charge in [0, 0.05) is 12.4 Å². The van der Waals surface area contributed by atoms with Crippen LogP contribution in [0.3, 0.4) is 0 Å². The first-order chi connectivity index (χ1) is 9.81. The first kappa shape index (κ1) is 13.7. The van der Waals surface area contributed by atoms with Crippen LogP contribution in [0.25, 0.3) is 10.8 Å². The molecule has 0 saturated heterocycles. The normalized spacial score (nSPS) is 9.45. The average Bonchev–Trinajstić information content (AvgIpc) is 2.55. The molecule has 0 unspecified atom stereocenters. The average molecular weight is 265 g/mol. The minimum Gasteiger partial charge on any atom is -0.465 e. The van der Waals surface area contributed by atoms with Gasteiger partial charge in [0.15, 0.2) is 0 Å². The molecule has 1 aromatic heterocycles. The van der Waals surface area contributed by atoms with Gasteiger partial charge in [-0.25, -0.2) is 4.79 Å². The second kappa shape index (κ2) is 7.04. The summed E-state index contributed by atoms with van der Waals surface area (Å²) in [6.45, 7) is 0. The van der Waals surface area contributed by atoms with Gasteiger partial charge in [-0.1, -0.05) is 48.5 Å². The van der Waals surface area contributed by atoms with E-state index in [0.29, 0.717) is 5.56 Å². The van der Waals surface area contributed by atoms with Crippen LogP contribution >= 0.6 is 0 Å². The summed E-state index contributed by atoms with van der Waals surface area (Å²) in [6.07, 6.45) is 3.07. The number of carbonyl (C=O) groups excluding carboxylic acids is 1. The van der Waals surface area contributed by atoms with E-state index >= 15 is 0 Å². The fourth-order valence-electron chi connectivity index (χ4n) is 1.73. The maximum Gasteiger partial charge on any atom is 0.339 e. The van der Waals surface area contributed by atoms with Crippen LogP contribution < -0.4 is 0 Å². The molecule has 0 bridgehead atoms. The summed E-state index contributed by atoms with van der Waals surface area (Å²) in [7, 11) is 1.34. The van der Waals surface area contributed by atoms with Gasteiger partial charge in [-0.15, -0.1) is 0 Å². The second-order valence-corrected chi connectivity index (χ2v) is 4.08. The van der Waals surface area contributed by atoms with E-state index in [-0.39, 0.29) is 5.97 Å². The Morgan fingerprint density at radius 2 is 1.45 bits per heavy atom. The molecule has 0 aliphatic rings. The summed E-state index contributed by atoms with van der Waals surface area (Å²) in [5.41, 5.74) is 0.477. The predicted octanol–water partition coefficient (Wildman–Crippen LogP) is 3.71. The van der Waals surface area contributed by atoms with E-state index in [4.69, 9.17) is 0 Å². The summed E-state index contributed by atoms with van der Waals surface area (Å²) in [4.78, 5) is 14.5. The maximum absolute atomic E-state index is 10.8. The largest absolute Gasteiger partial charge is 0.465 e. The minimum atomic E-state index is -0.354. The van der Waals surface area contributed by atoms with E-state index in [0.717, 1.165) is 0 Å². The van der Waals surface area contributed by atoms with Crippen LogP contribution in [0.5, 0.6) is 0 Å². The number of methoxy groups -OCH3 is 1. The highest BCUT2D eigenvalue weighted by atomic mass is 16.5. The van der Waals surface area contributed by atoms with Gasteiger partial charge in [0.1, 0.15) is 0 Å². The molecule has 1 heterocycles. The van der Waals surface area contributed by atoms with E-state index in [1.807, 2.05) is 0 Å². The molecule has 0 radical (unpaired) electrons. The molecule has 3 nitrogen and oxygen atoms in total. The Labute approximate surface area is 117 Å². The first-order valence-corrected chi connectivity index (χ1v) is 6.23. The van der Waals surface area contributed by atoms with Crippen molar-refractivity contribution in [2.24, 2.45) is 0 Å². The Bertz CT molecular complexity index is 615. The number of carbonyl (C=O) groups is 1. The van der Waals surface area contributed by atoms with Crippen molar-refractivity contribution in [3.63, 3.8) is 0 Å². The lowest BCUT2D eigenvalue weighted by Crippen LogP contribution is -2.00. The highest BCUT2D eigenvalue weighted by Gasteiger charge is 2.01. The lowest BCUT2D eigenvalue weighted by atomic mass is 10.1. The summed E-state index contributed by atoms with van der Waals surface area (Å²) in [5, 5.41) is 2.62. The third kappa shape index (κ3) is 3.65. The fourth-order valence-corrected chi connectivity index (χ4v) is 1.73. The second-order valence-electron chi connectivity index (χ2n) is 4.08. The van der Waals surface area contributed by atoms with Crippen LogP contribution in [0.4, 0.5) is 0 Å². The van der Waals surface area contributed by atoms with Gasteiger partial charge in [-0.3, -0.25) is 4.98 Å². The van der Waals surface area contributed by atoms with Crippen molar-refractivity contribution < 1.29 is 9.53 Å². The number of benzene rings is 2. The number of ether oxygens (including phenoxy) is 1. The highest BCUT2D eigenvalue weighted by molar-refractivity contribution is 5.88. The summed E-state index contributed by atoms with van der Waals surface area (Å²) >= 11 is 0. The van der Waals surface area contributed by atoms with Crippen LogP contribution in [0.2, 0.25) is 0 Å². The monoisotopic (exact) mass is 265 g/mol. The number of pyridine rings is 1. The van der Waals surface area contributed by atoms with Crippen LogP contribution in [0, 0.1) is 0 Å². The van der Waals surface area contributed by atoms with Crippen molar-refractivity contribution in [2.75, 3.05) is 7.11 Å². The molecule has 3 aromatic rings. The molecular weight excluding hydrogens is 250 g/mol. The zero-order valence-corrected chi connectivity index (χ0v) is 11.2. The number of esters is 1. The van der Waals surface area contributed by atoms with Crippen LogP contribution in [-0.4, -0.2) is 18.1 Å². The van der Waals surface area contributed by atoms with Gasteiger partial charge in [-0.05, 0) is 22.9 Å². The number of aromatic nitrogens is 1. The van der Waals surface area contributed by atoms with Crippen LogP contribution in [0.1, 0.15) is 10.4 Å². The Kier molecular flexibility index (Phi) is 4.84. The summed E-state index contributed by atoms with van der Waals surface area (Å²) < 4.78 is 4.46. The number of nitrogens with zero attached hydrogens (tertiary/aromatic N) is 1. The molecule has 20 heavy (non-hydrogen) atoms. The van der Waals surface area contributed by atoms with Gasteiger partial charge in [0.2, 0.25) is 0 Å². The van der Waals surface area contributed by atoms with Crippen molar-refractivity contribution in [1.82, 2.24) is 4.98 Å². The van der Waals surface area contributed by atoms with Gasteiger partial charge in [0.05, 0.1) is 12.7 Å². The van der Waals surface area contributed by atoms with Crippen LogP contribution in [-0.2, 0) is 4.74 Å². The van der Waals surface area contributed by atoms with Crippen molar-refractivity contribution in [2.45, 2.75) is 0 Å². The quantitative estimate of drug-likeness (QED) is 0.630.